The Labute approximate surface area is 119 Å². The normalized spacial score (nSPS) is 15.2. The lowest BCUT2D eigenvalue weighted by molar-refractivity contribution is 0.421. The van der Waals surface area contributed by atoms with Crippen LogP contribution in [0.2, 0.25) is 0 Å². The van der Waals surface area contributed by atoms with Gasteiger partial charge in [-0.1, -0.05) is 54.6 Å². The minimum Gasteiger partial charge on any atom is -0.198 e. The standard InChI is InChI=1S/C15H16N2O2S/c18-20(19,16-10-13-6-2-1-3-7-13)17-11-14-8-4-5-9-15(14)12-17/h1-9,16H,10-12H2. The van der Waals surface area contributed by atoms with Gasteiger partial charge in [0.1, 0.15) is 0 Å². The van der Waals surface area contributed by atoms with Gasteiger partial charge < -0.3 is 0 Å². The lowest BCUT2D eigenvalue weighted by Crippen LogP contribution is -2.37. The SMILES string of the molecule is O=S(=O)(NCc1ccccc1)N1Cc2ccccc2C1. The zero-order chi connectivity index (χ0) is 14.0. The van der Waals surface area contributed by atoms with Crippen LogP contribution in [-0.4, -0.2) is 12.7 Å². The van der Waals surface area contributed by atoms with Crippen LogP contribution < -0.4 is 4.72 Å². The van der Waals surface area contributed by atoms with Crippen LogP contribution in [-0.2, 0) is 29.8 Å². The number of benzene rings is 2. The summed E-state index contributed by atoms with van der Waals surface area (Å²) in [7, 11) is -3.44. The van der Waals surface area contributed by atoms with E-state index in [2.05, 4.69) is 4.72 Å². The molecule has 0 saturated heterocycles. The molecule has 20 heavy (non-hydrogen) atoms. The van der Waals surface area contributed by atoms with E-state index in [0.717, 1.165) is 16.7 Å². The van der Waals surface area contributed by atoms with Crippen molar-refractivity contribution < 1.29 is 8.42 Å². The molecule has 104 valence electrons. The average molecular weight is 288 g/mol. The fourth-order valence-electron chi connectivity index (χ4n) is 2.33. The third-order valence-corrected chi connectivity index (χ3v) is 4.90. The molecule has 0 unspecified atom stereocenters. The lowest BCUT2D eigenvalue weighted by Gasteiger charge is -2.16. The highest BCUT2D eigenvalue weighted by molar-refractivity contribution is 7.87. The van der Waals surface area contributed by atoms with E-state index in [0.29, 0.717) is 19.6 Å². The van der Waals surface area contributed by atoms with Crippen LogP contribution in [0.5, 0.6) is 0 Å². The van der Waals surface area contributed by atoms with Crippen molar-refractivity contribution in [2.45, 2.75) is 19.6 Å². The number of nitrogens with zero attached hydrogens (tertiary/aromatic N) is 1. The highest BCUT2D eigenvalue weighted by Gasteiger charge is 2.28. The fraction of sp³-hybridized carbons (Fsp3) is 0.200. The molecule has 0 fully saturated rings. The second-order valence-electron chi connectivity index (χ2n) is 4.85. The van der Waals surface area contributed by atoms with Gasteiger partial charge in [-0.15, -0.1) is 0 Å². The molecule has 5 heteroatoms. The van der Waals surface area contributed by atoms with Crippen LogP contribution in [0.15, 0.2) is 54.6 Å². The smallest absolute Gasteiger partial charge is 0.198 e. The van der Waals surface area contributed by atoms with Crippen molar-refractivity contribution in [1.82, 2.24) is 9.03 Å². The molecule has 0 radical (unpaired) electrons. The van der Waals surface area contributed by atoms with Crippen molar-refractivity contribution in [3.05, 3.63) is 71.3 Å². The van der Waals surface area contributed by atoms with Gasteiger partial charge >= 0.3 is 0 Å². The fourth-order valence-corrected chi connectivity index (χ4v) is 3.48. The molecule has 0 aliphatic carbocycles. The van der Waals surface area contributed by atoms with E-state index in [1.54, 1.807) is 0 Å². The monoisotopic (exact) mass is 288 g/mol. The number of nitrogens with one attached hydrogen (secondary N) is 1. The summed E-state index contributed by atoms with van der Waals surface area (Å²) in [4.78, 5) is 0. The molecule has 1 N–H and O–H groups in total. The Morgan fingerprint density at radius 1 is 0.900 bits per heavy atom. The first kappa shape index (κ1) is 13.3. The minimum atomic E-state index is -3.44. The summed E-state index contributed by atoms with van der Waals surface area (Å²) in [5.41, 5.74) is 3.11. The molecule has 2 aromatic carbocycles. The van der Waals surface area contributed by atoms with Crippen molar-refractivity contribution in [2.75, 3.05) is 0 Å². The first-order chi connectivity index (χ1) is 9.65. The van der Waals surface area contributed by atoms with Crippen LogP contribution in [0, 0.1) is 0 Å². The zero-order valence-electron chi connectivity index (χ0n) is 11.0. The maximum Gasteiger partial charge on any atom is 0.280 e. The van der Waals surface area contributed by atoms with E-state index in [9.17, 15) is 8.42 Å². The maximum atomic E-state index is 12.3. The molecule has 0 bridgehead atoms. The predicted molar refractivity (Wildman–Crippen MR) is 77.9 cm³/mol. The van der Waals surface area contributed by atoms with Crippen molar-refractivity contribution in [3.8, 4) is 0 Å². The van der Waals surface area contributed by atoms with E-state index >= 15 is 0 Å². The lowest BCUT2D eigenvalue weighted by atomic mass is 10.1. The second kappa shape index (κ2) is 5.36. The Balaban J connectivity index is 1.68. The number of rotatable bonds is 4. The maximum absolute atomic E-state index is 12.3. The highest BCUT2D eigenvalue weighted by atomic mass is 32.2. The highest BCUT2D eigenvalue weighted by Crippen LogP contribution is 2.24. The van der Waals surface area contributed by atoms with Gasteiger partial charge in [0.15, 0.2) is 0 Å². The third kappa shape index (κ3) is 2.75. The molecule has 0 aromatic heterocycles. The van der Waals surface area contributed by atoms with Crippen LogP contribution in [0.3, 0.4) is 0 Å². The first-order valence-electron chi connectivity index (χ1n) is 6.50. The molecular formula is C15H16N2O2S. The summed E-state index contributed by atoms with van der Waals surface area (Å²) < 4.78 is 28.7. The van der Waals surface area contributed by atoms with E-state index in [4.69, 9.17) is 0 Å². The van der Waals surface area contributed by atoms with Crippen molar-refractivity contribution >= 4 is 10.2 Å². The van der Waals surface area contributed by atoms with Crippen molar-refractivity contribution in [3.63, 3.8) is 0 Å². The largest absolute Gasteiger partial charge is 0.280 e. The summed E-state index contributed by atoms with van der Waals surface area (Å²) in [5.74, 6) is 0. The molecule has 0 atom stereocenters. The Bertz CT molecular complexity index is 674. The quantitative estimate of drug-likeness (QED) is 0.936. The van der Waals surface area contributed by atoms with Gasteiger partial charge in [-0.25, -0.2) is 0 Å². The van der Waals surface area contributed by atoms with Crippen LogP contribution >= 0.6 is 0 Å². The predicted octanol–water partition coefficient (Wildman–Crippen LogP) is 2.04. The van der Waals surface area contributed by atoms with Gasteiger partial charge in [-0.3, -0.25) is 0 Å². The van der Waals surface area contributed by atoms with E-state index in [1.165, 1.54) is 4.31 Å². The molecule has 1 heterocycles. The van der Waals surface area contributed by atoms with Gasteiger partial charge in [0.05, 0.1) is 0 Å². The molecule has 0 spiro atoms. The van der Waals surface area contributed by atoms with Gasteiger partial charge in [-0.2, -0.15) is 17.4 Å². The Kier molecular flexibility index (Phi) is 3.56. The van der Waals surface area contributed by atoms with E-state index in [-0.39, 0.29) is 0 Å². The van der Waals surface area contributed by atoms with Crippen molar-refractivity contribution in [1.29, 1.82) is 0 Å². The molecule has 2 aromatic rings. The summed E-state index contributed by atoms with van der Waals surface area (Å²) >= 11 is 0. The Hall–Kier alpha value is -1.69. The molecule has 4 nitrogen and oxygen atoms in total. The van der Waals surface area contributed by atoms with Gasteiger partial charge in [0.25, 0.3) is 10.2 Å². The minimum absolute atomic E-state index is 0.315. The Morgan fingerprint density at radius 3 is 2.05 bits per heavy atom. The summed E-state index contributed by atoms with van der Waals surface area (Å²) in [6, 6.07) is 17.3. The van der Waals surface area contributed by atoms with Crippen LogP contribution in [0.1, 0.15) is 16.7 Å². The van der Waals surface area contributed by atoms with Crippen LogP contribution in [0.4, 0.5) is 0 Å². The average Bonchev–Trinajstić information content (AvgIpc) is 2.91. The van der Waals surface area contributed by atoms with Gasteiger partial charge in [-0.05, 0) is 16.7 Å². The number of hydrogen-bond donors (Lipinski definition) is 1. The number of hydrogen-bond acceptors (Lipinski definition) is 2. The van der Waals surface area contributed by atoms with E-state index < -0.39 is 10.2 Å². The van der Waals surface area contributed by atoms with E-state index in [1.807, 2.05) is 54.6 Å². The molecule has 1 aliphatic rings. The summed E-state index contributed by atoms with van der Waals surface area (Å²) in [6.07, 6.45) is 0. The molecule has 3 rings (SSSR count). The van der Waals surface area contributed by atoms with Crippen LogP contribution in [0.25, 0.3) is 0 Å². The molecule has 1 aliphatic heterocycles. The molecule has 0 saturated carbocycles. The number of fused-ring (bicyclic) bond motifs is 1. The van der Waals surface area contributed by atoms with Gasteiger partial charge in [0.2, 0.25) is 0 Å². The zero-order valence-corrected chi connectivity index (χ0v) is 11.8. The summed E-state index contributed by atoms with van der Waals surface area (Å²) in [6.45, 7) is 1.20. The molecule has 0 amide bonds. The summed E-state index contributed by atoms with van der Waals surface area (Å²) in [5, 5.41) is 0. The van der Waals surface area contributed by atoms with Crippen molar-refractivity contribution in [2.24, 2.45) is 0 Å². The van der Waals surface area contributed by atoms with Gasteiger partial charge in [0, 0.05) is 19.6 Å². The first-order valence-corrected chi connectivity index (χ1v) is 7.94. The topological polar surface area (TPSA) is 49.4 Å². The Morgan fingerprint density at radius 2 is 1.45 bits per heavy atom. The second-order valence-corrected chi connectivity index (χ2v) is 6.60. The third-order valence-electron chi connectivity index (χ3n) is 3.45. The molecular weight excluding hydrogens is 272 g/mol.